The quantitative estimate of drug-likeness (QED) is 0.520. The first-order chi connectivity index (χ1) is 13.5. The van der Waals surface area contributed by atoms with E-state index in [1.54, 1.807) is 13.0 Å². The molecule has 0 aliphatic rings. The van der Waals surface area contributed by atoms with Gasteiger partial charge in [-0.3, -0.25) is 9.59 Å². The van der Waals surface area contributed by atoms with Gasteiger partial charge in [0.1, 0.15) is 6.04 Å². The summed E-state index contributed by atoms with van der Waals surface area (Å²) in [6.07, 6.45) is 4.91. The van der Waals surface area contributed by atoms with Crippen molar-refractivity contribution in [1.82, 2.24) is 10.6 Å². The van der Waals surface area contributed by atoms with E-state index in [9.17, 15) is 9.59 Å². The van der Waals surface area contributed by atoms with E-state index in [0.717, 1.165) is 18.4 Å². The maximum absolute atomic E-state index is 12.1. The van der Waals surface area contributed by atoms with E-state index >= 15 is 0 Å². The third kappa shape index (κ3) is 7.27. The van der Waals surface area contributed by atoms with E-state index in [1.807, 2.05) is 44.4 Å². The van der Waals surface area contributed by atoms with E-state index in [4.69, 9.17) is 0 Å². The standard InChI is InChI=1S/C23H29N3O2/c1-18(25-22(27)16-13-19-8-5-4-6-9-19)23(28)24-17-7-10-20-11-14-21(15-12-20)26(2)3/h4-6,8-9,11-16,18H,7,10,17H2,1-3H3,(H,24,28)(H,25,27). The predicted octanol–water partition coefficient (Wildman–Crippen LogP) is 3.02. The number of carbonyl (C=O) groups excluding carboxylic acids is 2. The van der Waals surface area contributed by atoms with Crippen molar-refractivity contribution < 1.29 is 9.59 Å². The van der Waals surface area contributed by atoms with Crippen molar-refractivity contribution in [1.29, 1.82) is 0 Å². The van der Waals surface area contributed by atoms with Crippen molar-refractivity contribution in [3.05, 3.63) is 71.8 Å². The first-order valence-electron chi connectivity index (χ1n) is 9.53. The summed E-state index contributed by atoms with van der Waals surface area (Å²) >= 11 is 0. The van der Waals surface area contributed by atoms with Crippen molar-refractivity contribution in [3.8, 4) is 0 Å². The van der Waals surface area contributed by atoms with Crippen LogP contribution in [0.5, 0.6) is 0 Å². The predicted molar refractivity (Wildman–Crippen MR) is 115 cm³/mol. The van der Waals surface area contributed by atoms with Crippen LogP contribution in [-0.4, -0.2) is 38.5 Å². The first kappa shape index (κ1) is 21.2. The average Bonchev–Trinajstić information content (AvgIpc) is 2.70. The third-order valence-corrected chi connectivity index (χ3v) is 4.37. The van der Waals surface area contributed by atoms with Crippen LogP contribution in [0.3, 0.4) is 0 Å². The smallest absolute Gasteiger partial charge is 0.244 e. The van der Waals surface area contributed by atoms with Crippen LogP contribution in [0.4, 0.5) is 5.69 Å². The lowest BCUT2D eigenvalue weighted by Crippen LogP contribution is -2.44. The Hall–Kier alpha value is -3.08. The summed E-state index contributed by atoms with van der Waals surface area (Å²) < 4.78 is 0. The number of hydrogen-bond acceptors (Lipinski definition) is 3. The largest absolute Gasteiger partial charge is 0.378 e. The molecule has 0 heterocycles. The molecule has 2 amide bonds. The molecule has 2 N–H and O–H groups in total. The molecule has 1 unspecified atom stereocenters. The van der Waals surface area contributed by atoms with Crippen LogP contribution in [0.2, 0.25) is 0 Å². The third-order valence-electron chi connectivity index (χ3n) is 4.37. The summed E-state index contributed by atoms with van der Waals surface area (Å²) in [7, 11) is 4.03. The van der Waals surface area contributed by atoms with Gasteiger partial charge in [0.15, 0.2) is 0 Å². The minimum atomic E-state index is -0.577. The van der Waals surface area contributed by atoms with Gasteiger partial charge in [0.25, 0.3) is 0 Å². The van der Waals surface area contributed by atoms with Crippen LogP contribution >= 0.6 is 0 Å². The van der Waals surface area contributed by atoms with Crippen LogP contribution in [0, 0.1) is 0 Å². The molecule has 0 saturated carbocycles. The van der Waals surface area contributed by atoms with Crippen LogP contribution in [-0.2, 0) is 16.0 Å². The monoisotopic (exact) mass is 379 g/mol. The zero-order valence-corrected chi connectivity index (χ0v) is 16.8. The van der Waals surface area contributed by atoms with Gasteiger partial charge in [0.05, 0.1) is 0 Å². The molecule has 0 aromatic heterocycles. The Labute approximate surface area is 167 Å². The molecule has 0 saturated heterocycles. The highest BCUT2D eigenvalue weighted by Gasteiger charge is 2.13. The Kier molecular flexibility index (Phi) is 8.28. The maximum Gasteiger partial charge on any atom is 0.244 e. The van der Waals surface area contributed by atoms with Gasteiger partial charge in [-0.15, -0.1) is 0 Å². The second-order valence-electron chi connectivity index (χ2n) is 6.93. The number of nitrogens with zero attached hydrogens (tertiary/aromatic N) is 1. The van der Waals surface area contributed by atoms with Gasteiger partial charge in [-0.2, -0.15) is 0 Å². The van der Waals surface area contributed by atoms with E-state index in [1.165, 1.54) is 17.3 Å². The molecule has 0 aliphatic heterocycles. The van der Waals surface area contributed by atoms with E-state index in [-0.39, 0.29) is 11.8 Å². The Morgan fingerprint density at radius 2 is 1.71 bits per heavy atom. The molecule has 0 fully saturated rings. The van der Waals surface area contributed by atoms with E-state index in [0.29, 0.717) is 6.54 Å². The van der Waals surface area contributed by atoms with Crippen LogP contribution in [0.1, 0.15) is 24.5 Å². The van der Waals surface area contributed by atoms with Crippen LogP contribution in [0.15, 0.2) is 60.7 Å². The lowest BCUT2D eigenvalue weighted by atomic mass is 10.1. The Morgan fingerprint density at radius 3 is 2.36 bits per heavy atom. The minimum absolute atomic E-state index is 0.176. The summed E-state index contributed by atoms with van der Waals surface area (Å²) in [6.45, 7) is 2.26. The molecule has 5 nitrogen and oxygen atoms in total. The van der Waals surface area contributed by atoms with Gasteiger partial charge in [-0.25, -0.2) is 0 Å². The highest BCUT2D eigenvalue weighted by atomic mass is 16.2. The Bertz CT molecular complexity index is 783. The SMILES string of the molecule is CC(NC(=O)C=Cc1ccccc1)C(=O)NCCCc1ccc(N(C)C)cc1. The number of hydrogen-bond donors (Lipinski definition) is 2. The minimum Gasteiger partial charge on any atom is -0.378 e. The van der Waals surface area contributed by atoms with Crippen molar-refractivity contribution >= 4 is 23.6 Å². The lowest BCUT2D eigenvalue weighted by molar-refractivity contribution is -0.126. The highest BCUT2D eigenvalue weighted by Crippen LogP contribution is 2.13. The maximum atomic E-state index is 12.1. The number of nitrogens with one attached hydrogen (secondary N) is 2. The van der Waals surface area contributed by atoms with Crippen molar-refractivity contribution in [3.63, 3.8) is 0 Å². The van der Waals surface area contributed by atoms with Gasteiger partial charge in [-0.1, -0.05) is 42.5 Å². The number of anilines is 1. The molecule has 2 rings (SSSR count). The lowest BCUT2D eigenvalue weighted by Gasteiger charge is -2.14. The zero-order chi connectivity index (χ0) is 20.4. The van der Waals surface area contributed by atoms with E-state index in [2.05, 4.69) is 39.8 Å². The molecule has 148 valence electrons. The molecule has 0 bridgehead atoms. The fraction of sp³-hybridized carbons (Fsp3) is 0.304. The van der Waals surface area contributed by atoms with Crippen LogP contribution < -0.4 is 15.5 Å². The van der Waals surface area contributed by atoms with Crippen molar-refractivity contribution in [2.24, 2.45) is 0 Å². The number of rotatable bonds is 9. The molecule has 2 aromatic rings. The fourth-order valence-corrected chi connectivity index (χ4v) is 2.68. The van der Waals surface area contributed by atoms with Gasteiger partial charge in [-0.05, 0) is 49.1 Å². The van der Waals surface area contributed by atoms with Gasteiger partial charge < -0.3 is 15.5 Å². The summed E-state index contributed by atoms with van der Waals surface area (Å²) in [5.41, 5.74) is 3.35. The van der Waals surface area contributed by atoms with Gasteiger partial charge in [0, 0.05) is 32.4 Å². The Balaban J connectivity index is 1.67. The first-order valence-corrected chi connectivity index (χ1v) is 9.53. The molecular formula is C23H29N3O2. The summed E-state index contributed by atoms with van der Waals surface area (Å²) in [4.78, 5) is 26.1. The second-order valence-corrected chi connectivity index (χ2v) is 6.93. The number of benzene rings is 2. The fourth-order valence-electron chi connectivity index (χ4n) is 2.68. The molecule has 2 aromatic carbocycles. The number of amides is 2. The topological polar surface area (TPSA) is 61.4 Å². The zero-order valence-electron chi connectivity index (χ0n) is 16.8. The average molecular weight is 380 g/mol. The normalized spacial score (nSPS) is 11.8. The summed E-state index contributed by atoms with van der Waals surface area (Å²) in [5.74, 6) is -0.461. The number of aryl methyl sites for hydroxylation is 1. The molecular weight excluding hydrogens is 350 g/mol. The molecule has 1 atom stereocenters. The summed E-state index contributed by atoms with van der Waals surface area (Å²) in [6, 6.07) is 17.4. The van der Waals surface area contributed by atoms with E-state index < -0.39 is 6.04 Å². The Morgan fingerprint density at radius 1 is 1.04 bits per heavy atom. The van der Waals surface area contributed by atoms with Gasteiger partial charge >= 0.3 is 0 Å². The molecule has 0 aliphatic carbocycles. The molecule has 0 spiro atoms. The van der Waals surface area contributed by atoms with Crippen molar-refractivity contribution in [2.45, 2.75) is 25.8 Å². The second kappa shape index (κ2) is 10.9. The molecule has 0 radical (unpaired) electrons. The molecule has 28 heavy (non-hydrogen) atoms. The number of carbonyl (C=O) groups is 2. The van der Waals surface area contributed by atoms with Crippen LogP contribution in [0.25, 0.3) is 6.08 Å². The molecule has 5 heteroatoms. The highest BCUT2D eigenvalue weighted by molar-refractivity contribution is 5.95. The van der Waals surface area contributed by atoms with Gasteiger partial charge in [0.2, 0.25) is 11.8 Å². The van der Waals surface area contributed by atoms with Crippen molar-refractivity contribution in [2.75, 3.05) is 25.5 Å². The summed E-state index contributed by atoms with van der Waals surface area (Å²) in [5, 5.41) is 5.56.